The summed E-state index contributed by atoms with van der Waals surface area (Å²) in [6.45, 7) is 1.01. The Labute approximate surface area is 166 Å². The van der Waals surface area contributed by atoms with Gasteiger partial charge in [-0.1, -0.05) is 42.8 Å². The van der Waals surface area contributed by atoms with Gasteiger partial charge in [0.2, 0.25) is 0 Å². The lowest BCUT2D eigenvalue weighted by Gasteiger charge is -2.48. The van der Waals surface area contributed by atoms with E-state index in [2.05, 4.69) is 40.2 Å². The van der Waals surface area contributed by atoms with Crippen molar-refractivity contribution in [2.75, 3.05) is 0 Å². The van der Waals surface area contributed by atoms with E-state index in [4.69, 9.17) is 0 Å². The van der Waals surface area contributed by atoms with Crippen LogP contribution in [0.5, 0.6) is 0 Å². The quantitative estimate of drug-likeness (QED) is 0.588. The lowest BCUT2D eigenvalue weighted by atomic mass is 9.75. The van der Waals surface area contributed by atoms with Gasteiger partial charge in [-0.2, -0.15) is 0 Å². The van der Waals surface area contributed by atoms with Crippen molar-refractivity contribution < 1.29 is 4.79 Å². The van der Waals surface area contributed by atoms with Crippen LogP contribution in [0, 0.1) is 5.92 Å². The highest BCUT2D eigenvalue weighted by atomic mass is 16.1. The van der Waals surface area contributed by atoms with E-state index < -0.39 is 0 Å². The Balaban J connectivity index is 1.35. The number of fused-ring (bicyclic) bond motifs is 3. The first-order valence-electron chi connectivity index (χ1n) is 10.5. The summed E-state index contributed by atoms with van der Waals surface area (Å²) in [5.41, 5.74) is 3.18. The molecule has 2 fully saturated rings. The van der Waals surface area contributed by atoms with Crippen molar-refractivity contribution >= 4 is 16.7 Å². The van der Waals surface area contributed by atoms with Crippen LogP contribution in [0.3, 0.4) is 0 Å². The molecule has 1 aromatic heterocycles. The van der Waals surface area contributed by atoms with Gasteiger partial charge in [0.25, 0.3) is 0 Å². The molecule has 3 heteroatoms. The molecular weight excluding hydrogens is 344 g/mol. The van der Waals surface area contributed by atoms with Crippen LogP contribution >= 0.6 is 0 Å². The highest BCUT2D eigenvalue weighted by Crippen LogP contribution is 2.39. The van der Waals surface area contributed by atoms with Crippen molar-refractivity contribution in [3.63, 3.8) is 0 Å². The molecule has 2 bridgehead atoms. The number of rotatable bonds is 4. The molecule has 2 aromatic carbocycles. The number of hydrogen-bond donors (Lipinski definition) is 0. The van der Waals surface area contributed by atoms with E-state index in [1.807, 2.05) is 30.3 Å². The number of piperidine rings is 2. The number of Topliss-reactive ketones (excluding diaryl/α,β-unsaturated/α-hetero) is 1. The molecule has 3 aromatic rings. The maximum Gasteiger partial charge on any atom is 0.166 e. The van der Waals surface area contributed by atoms with Crippen LogP contribution < -0.4 is 0 Å². The fourth-order valence-electron chi connectivity index (χ4n) is 5.21. The smallest absolute Gasteiger partial charge is 0.166 e. The maximum absolute atomic E-state index is 13.3. The summed E-state index contributed by atoms with van der Waals surface area (Å²) in [5.74, 6) is 0.471. The van der Waals surface area contributed by atoms with Gasteiger partial charge in [0.15, 0.2) is 5.78 Å². The van der Waals surface area contributed by atoms with Crippen LogP contribution in [0.25, 0.3) is 10.9 Å². The van der Waals surface area contributed by atoms with Gasteiger partial charge in [-0.05, 0) is 55.5 Å². The van der Waals surface area contributed by atoms with Crippen LogP contribution in [0.15, 0.2) is 66.9 Å². The molecular formula is C25H26N2O. The van der Waals surface area contributed by atoms with E-state index in [0.717, 1.165) is 35.9 Å². The number of pyridine rings is 1. The van der Waals surface area contributed by atoms with Crippen LogP contribution in [-0.4, -0.2) is 27.8 Å². The minimum absolute atomic E-state index is 0.149. The number of nitrogens with zero attached hydrogens (tertiary/aromatic N) is 2. The van der Waals surface area contributed by atoms with Gasteiger partial charge in [-0.15, -0.1) is 0 Å². The zero-order chi connectivity index (χ0) is 18.9. The van der Waals surface area contributed by atoms with Crippen LogP contribution in [-0.2, 0) is 6.54 Å². The number of ketones is 1. The zero-order valence-corrected chi connectivity index (χ0v) is 16.1. The van der Waals surface area contributed by atoms with Gasteiger partial charge in [-0.25, -0.2) is 0 Å². The summed E-state index contributed by atoms with van der Waals surface area (Å²) in [5, 5.41) is 1.05. The number of benzene rings is 2. The number of carbonyl (C=O) groups is 1. The molecule has 28 heavy (non-hydrogen) atoms. The van der Waals surface area contributed by atoms with Crippen LogP contribution in [0.2, 0.25) is 0 Å². The standard InChI is InChI=1S/C25H26N2O/c28-25(20-11-12-24-19(14-20)8-5-13-26-24)21-15-22-9-4-10-23(16-21)27(22)17-18-6-2-1-3-7-18/h1-3,5-8,11-14,21-23H,4,9-10,15-17H2. The van der Waals surface area contributed by atoms with Gasteiger partial charge in [0, 0.05) is 41.7 Å². The third-order valence-electron chi connectivity index (χ3n) is 6.59. The first kappa shape index (κ1) is 17.6. The molecule has 0 saturated carbocycles. The lowest BCUT2D eigenvalue weighted by molar-refractivity contribution is 0.00907. The molecule has 2 saturated heterocycles. The maximum atomic E-state index is 13.3. The summed E-state index contributed by atoms with van der Waals surface area (Å²) in [7, 11) is 0. The first-order chi connectivity index (χ1) is 13.8. The van der Waals surface area contributed by atoms with Gasteiger partial charge >= 0.3 is 0 Å². The third-order valence-corrected chi connectivity index (χ3v) is 6.59. The molecule has 0 radical (unpaired) electrons. The summed E-state index contributed by atoms with van der Waals surface area (Å²) in [6.07, 6.45) is 7.51. The van der Waals surface area contributed by atoms with E-state index in [9.17, 15) is 4.79 Å². The summed E-state index contributed by atoms with van der Waals surface area (Å²) < 4.78 is 0. The Hall–Kier alpha value is -2.52. The second-order valence-corrected chi connectivity index (χ2v) is 8.34. The molecule has 0 spiro atoms. The zero-order valence-electron chi connectivity index (χ0n) is 16.1. The van der Waals surface area contributed by atoms with Crippen molar-refractivity contribution in [2.45, 2.75) is 50.7 Å². The van der Waals surface area contributed by atoms with E-state index in [1.54, 1.807) is 6.20 Å². The first-order valence-corrected chi connectivity index (χ1v) is 10.5. The van der Waals surface area contributed by atoms with Crippen molar-refractivity contribution in [1.82, 2.24) is 9.88 Å². The molecule has 3 heterocycles. The van der Waals surface area contributed by atoms with Gasteiger partial charge in [0.05, 0.1) is 5.52 Å². The predicted molar refractivity (Wildman–Crippen MR) is 112 cm³/mol. The molecule has 142 valence electrons. The van der Waals surface area contributed by atoms with Crippen LogP contribution in [0.4, 0.5) is 0 Å². The third kappa shape index (κ3) is 3.35. The molecule has 2 atom stereocenters. The monoisotopic (exact) mass is 370 g/mol. The average molecular weight is 370 g/mol. The second-order valence-electron chi connectivity index (χ2n) is 8.34. The Kier molecular flexibility index (Phi) is 4.69. The molecule has 3 nitrogen and oxygen atoms in total. The molecule has 0 amide bonds. The largest absolute Gasteiger partial charge is 0.294 e. The Bertz CT molecular complexity index is 970. The summed E-state index contributed by atoms with van der Waals surface area (Å²) in [6, 6.07) is 21.8. The van der Waals surface area contributed by atoms with Crippen molar-refractivity contribution in [3.05, 3.63) is 78.0 Å². The minimum Gasteiger partial charge on any atom is -0.294 e. The van der Waals surface area contributed by atoms with Gasteiger partial charge in [-0.3, -0.25) is 14.7 Å². The highest BCUT2D eigenvalue weighted by Gasteiger charge is 2.40. The topological polar surface area (TPSA) is 33.2 Å². The van der Waals surface area contributed by atoms with E-state index >= 15 is 0 Å². The number of carbonyl (C=O) groups excluding carboxylic acids is 1. The summed E-state index contributed by atoms with van der Waals surface area (Å²) in [4.78, 5) is 20.3. The minimum atomic E-state index is 0.149. The fourth-order valence-corrected chi connectivity index (χ4v) is 5.21. The normalized spacial score (nSPS) is 24.9. The lowest BCUT2D eigenvalue weighted by Crippen LogP contribution is -2.52. The molecule has 0 aliphatic carbocycles. The Morgan fingerprint density at radius 1 is 0.964 bits per heavy atom. The SMILES string of the molecule is O=C(c1ccc2ncccc2c1)C1CC2CCCC(C1)N2Cc1ccccc1. The van der Waals surface area contributed by atoms with Gasteiger partial charge < -0.3 is 0 Å². The van der Waals surface area contributed by atoms with Crippen molar-refractivity contribution in [2.24, 2.45) is 5.92 Å². The molecule has 2 unspecified atom stereocenters. The van der Waals surface area contributed by atoms with E-state index in [0.29, 0.717) is 17.9 Å². The Morgan fingerprint density at radius 2 is 1.75 bits per heavy atom. The second kappa shape index (κ2) is 7.48. The number of aromatic nitrogens is 1. The Morgan fingerprint density at radius 3 is 2.54 bits per heavy atom. The van der Waals surface area contributed by atoms with Gasteiger partial charge in [0.1, 0.15) is 0 Å². The molecule has 5 rings (SSSR count). The average Bonchev–Trinajstić information content (AvgIpc) is 2.73. The van der Waals surface area contributed by atoms with Crippen LogP contribution in [0.1, 0.15) is 48.0 Å². The van der Waals surface area contributed by atoms with Crippen molar-refractivity contribution in [1.29, 1.82) is 0 Å². The predicted octanol–water partition coefficient (Wildman–Crippen LogP) is 5.25. The van der Waals surface area contributed by atoms with Crippen molar-refractivity contribution in [3.8, 4) is 0 Å². The van der Waals surface area contributed by atoms with E-state index in [-0.39, 0.29) is 5.92 Å². The molecule has 2 aliphatic heterocycles. The fraction of sp³-hybridized carbons (Fsp3) is 0.360. The van der Waals surface area contributed by atoms with E-state index in [1.165, 1.54) is 24.8 Å². The molecule has 0 N–H and O–H groups in total. The summed E-state index contributed by atoms with van der Waals surface area (Å²) >= 11 is 0. The number of hydrogen-bond acceptors (Lipinski definition) is 3. The highest BCUT2D eigenvalue weighted by molar-refractivity contribution is 6.00. The molecule has 2 aliphatic rings.